The number of unbranched alkanes of at least 4 members (excludes halogenated alkanes) is 2. The molecule has 1 rings (SSSR count). The lowest BCUT2D eigenvalue weighted by Gasteiger charge is -2.02. The highest BCUT2D eigenvalue weighted by Crippen LogP contribution is 2.19. The van der Waals surface area contributed by atoms with Gasteiger partial charge < -0.3 is 4.74 Å². The number of esters is 1. The van der Waals surface area contributed by atoms with Crippen LogP contribution in [0.1, 0.15) is 25.7 Å². The minimum atomic E-state index is -0.201. The highest BCUT2D eigenvalue weighted by atomic mass is 32.2. The zero-order valence-corrected chi connectivity index (χ0v) is 10.8. The van der Waals surface area contributed by atoms with Gasteiger partial charge in [-0.1, -0.05) is 6.42 Å². The second-order valence-electron chi connectivity index (χ2n) is 3.69. The maximum atomic E-state index is 12.6. The smallest absolute Gasteiger partial charge is 0.305 e. The van der Waals surface area contributed by atoms with Gasteiger partial charge in [-0.3, -0.25) is 4.79 Å². The Balaban J connectivity index is 2.04. The van der Waals surface area contributed by atoms with Crippen LogP contribution in [0.25, 0.3) is 0 Å². The molecule has 0 aromatic heterocycles. The highest BCUT2D eigenvalue weighted by Gasteiger charge is 1.99. The van der Waals surface area contributed by atoms with Crippen molar-refractivity contribution in [2.75, 3.05) is 12.9 Å². The van der Waals surface area contributed by atoms with Crippen molar-refractivity contribution in [3.05, 3.63) is 30.1 Å². The van der Waals surface area contributed by atoms with Gasteiger partial charge in [0.15, 0.2) is 0 Å². The Morgan fingerprint density at radius 1 is 1.24 bits per heavy atom. The molecule has 0 atom stereocenters. The maximum Gasteiger partial charge on any atom is 0.305 e. The topological polar surface area (TPSA) is 26.3 Å². The van der Waals surface area contributed by atoms with E-state index in [-0.39, 0.29) is 11.8 Å². The Morgan fingerprint density at radius 3 is 2.59 bits per heavy atom. The molecule has 17 heavy (non-hydrogen) atoms. The quantitative estimate of drug-likeness (QED) is 0.423. The number of rotatable bonds is 7. The Kier molecular flexibility index (Phi) is 6.70. The van der Waals surface area contributed by atoms with Crippen LogP contribution in [0.5, 0.6) is 0 Å². The van der Waals surface area contributed by atoms with Crippen LogP contribution in [0.3, 0.4) is 0 Å². The van der Waals surface area contributed by atoms with Gasteiger partial charge in [0.05, 0.1) is 7.11 Å². The molecule has 0 aliphatic carbocycles. The second-order valence-corrected chi connectivity index (χ2v) is 4.86. The number of carbonyl (C=O) groups is 1. The normalized spacial score (nSPS) is 10.2. The summed E-state index contributed by atoms with van der Waals surface area (Å²) in [6.07, 6.45) is 3.44. The van der Waals surface area contributed by atoms with E-state index in [1.54, 1.807) is 23.9 Å². The van der Waals surface area contributed by atoms with Crippen molar-refractivity contribution in [1.29, 1.82) is 0 Å². The zero-order valence-electron chi connectivity index (χ0n) is 9.95. The lowest BCUT2D eigenvalue weighted by atomic mass is 10.2. The Labute approximate surface area is 106 Å². The van der Waals surface area contributed by atoms with Crippen molar-refractivity contribution in [1.82, 2.24) is 0 Å². The van der Waals surface area contributed by atoms with Gasteiger partial charge in [0.1, 0.15) is 5.82 Å². The molecule has 0 N–H and O–H groups in total. The molecule has 0 radical (unpaired) electrons. The molecule has 4 heteroatoms. The van der Waals surface area contributed by atoms with Crippen molar-refractivity contribution in [2.24, 2.45) is 0 Å². The average molecular weight is 256 g/mol. The SMILES string of the molecule is COC(=O)CCCCCSc1ccc(F)cc1. The lowest BCUT2D eigenvalue weighted by molar-refractivity contribution is -0.140. The molecule has 0 heterocycles. The third-order valence-electron chi connectivity index (χ3n) is 2.34. The maximum absolute atomic E-state index is 12.6. The summed E-state index contributed by atoms with van der Waals surface area (Å²) in [7, 11) is 1.41. The number of hydrogen-bond donors (Lipinski definition) is 0. The third kappa shape index (κ3) is 6.31. The number of ether oxygens (including phenoxy) is 1. The number of methoxy groups -OCH3 is 1. The van der Waals surface area contributed by atoms with Crippen LogP contribution in [-0.4, -0.2) is 18.8 Å². The standard InChI is InChI=1S/C13H17FO2S/c1-16-13(15)5-3-2-4-10-17-12-8-6-11(14)7-9-12/h6-9H,2-5,10H2,1H3. The fraction of sp³-hybridized carbons (Fsp3) is 0.462. The highest BCUT2D eigenvalue weighted by molar-refractivity contribution is 7.99. The van der Waals surface area contributed by atoms with Crippen LogP contribution in [0.2, 0.25) is 0 Å². The van der Waals surface area contributed by atoms with Crippen molar-refractivity contribution >= 4 is 17.7 Å². The number of halogens is 1. The van der Waals surface area contributed by atoms with Crippen LogP contribution in [0, 0.1) is 5.82 Å². The molecule has 0 bridgehead atoms. The zero-order chi connectivity index (χ0) is 12.5. The van der Waals surface area contributed by atoms with Gasteiger partial charge in [0.2, 0.25) is 0 Å². The fourth-order valence-electron chi connectivity index (χ4n) is 1.37. The van der Waals surface area contributed by atoms with E-state index >= 15 is 0 Å². The first-order valence-electron chi connectivity index (χ1n) is 5.67. The van der Waals surface area contributed by atoms with Gasteiger partial charge in [-0.25, -0.2) is 4.39 Å². The third-order valence-corrected chi connectivity index (χ3v) is 3.43. The molecule has 0 unspecified atom stereocenters. The van der Waals surface area contributed by atoms with Gasteiger partial charge in [-0.15, -0.1) is 11.8 Å². The van der Waals surface area contributed by atoms with E-state index in [2.05, 4.69) is 4.74 Å². The van der Waals surface area contributed by atoms with Crippen molar-refractivity contribution in [3.63, 3.8) is 0 Å². The molecular formula is C13H17FO2S. The molecule has 0 spiro atoms. The fourth-order valence-corrected chi connectivity index (χ4v) is 2.28. The minimum Gasteiger partial charge on any atom is -0.469 e. The summed E-state index contributed by atoms with van der Waals surface area (Å²) in [6.45, 7) is 0. The van der Waals surface area contributed by atoms with E-state index in [0.717, 1.165) is 29.9 Å². The Bertz CT molecular complexity index is 338. The van der Waals surface area contributed by atoms with Gasteiger partial charge >= 0.3 is 5.97 Å². The molecule has 94 valence electrons. The first-order valence-corrected chi connectivity index (χ1v) is 6.66. The minimum absolute atomic E-state index is 0.142. The number of hydrogen-bond acceptors (Lipinski definition) is 3. The number of thioether (sulfide) groups is 1. The van der Waals surface area contributed by atoms with Crippen molar-refractivity contribution in [3.8, 4) is 0 Å². The summed E-state index contributed by atoms with van der Waals surface area (Å²) in [5, 5.41) is 0. The van der Waals surface area contributed by atoms with Gasteiger partial charge in [0.25, 0.3) is 0 Å². The Hall–Kier alpha value is -1.03. The van der Waals surface area contributed by atoms with Crippen molar-refractivity contribution < 1.29 is 13.9 Å². The molecule has 0 amide bonds. The molecule has 0 aliphatic rings. The van der Waals surface area contributed by atoms with Gasteiger partial charge in [0, 0.05) is 11.3 Å². The van der Waals surface area contributed by atoms with Crippen molar-refractivity contribution in [2.45, 2.75) is 30.6 Å². The van der Waals surface area contributed by atoms with E-state index in [1.165, 1.54) is 19.2 Å². The summed E-state index contributed by atoms with van der Waals surface area (Å²) < 4.78 is 17.2. The second kappa shape index (κ2) is 8.12. The summed E-state index contributed by atoms with van der Waals surface area (Å²) in [5.74, 6) is 0.649. The molecule has 0 fully saturated rings. The molecule has 1 aromatic carbocycles. The molecule has 0 aliphatic heterocycles. The van der Waals surface area contributed by atoms with E-state index in [4.69, 9.17) is 0 Å². The number of carbonyl (C=O) groups excluding carboxylic acids is 1. The monoisotopic (exact) mass is 256 g/mol. The van der Waals surface area contributed by atoms with Crippen LogP contribution >= 0.6 is 11.8 Å². The van der Waals surface area contributed by atoms with E-state index in [0.29, 0.717) is 6.42 Å². The first kappa shape index (κ1) is 14.0. The summed E-state index contributed by atoms with van der Waals surface area (Å²) in [4.78, 5) is 11.9. The largest absolute Gasteiger partial charge is 0.469 e. The summed E-state index contributed by atoms with van der Waals surface area (Å²) in [6, 6.07) is 6.52. The summed E-state index contributed by atoms with van der Waals surface area (Å²) >= 11 is 1.71. The molecule has 0 saturated carbocycles. The van der Waals surface area contributed by atoms with Crippen LogP contribution in [0.4, 0.5) is 4.39 Å². The van der Waals surface area contributed by atoms with Gasteiger partial charge in [-0.2, -0.15) is 0 Å². The molecular weight excluding hydrogens is 239 g/mol. The number of benzene rings is 1. The van der Waals surface area contributed by atoms with E-state index < -0.39 is 0 Å². The van der Waals surface area contributed by atoms with Gasteiger partial charge in [-0.05, 0) is 42.9 Å². The summed E-state index contributed by atoms with van der Waals surface area (Å²) in [5.41, 5.74) is 0. The first-order chi connectivity index (χ1) is 8.22. The molecule has 0 saturated heterocycles. The van der Waals surface area contributed by atoms with E-state index in [1.807, 2.05) is 0 Å². The lowest BCUT2D eigenvalue weighted by Crippen LogP contribution is -1.99. The van der Waals surface area contributed by atoms with Crippen LogP contribution in [-0.2, 0) is 9.53 Å². The predicted molar refractivity (Wildman–Crippen MR) is 67.6 cm³/mol. The average Bonchev–Trinajstić information content (AvgIpc) is 2.35. The Morgan fingerprint density at radius 2 is 1.94 bits per heavy atom. The van der Waals surface area contributed by atoms with Crippen LogP contribution in [0.15, 0.2) is 29.2 Å². The molecule has 1 aromatic rings. The van der Waals surface area contributed by atoms with E-state index in [9.17, 15) is 9.18 Å². The van der Waals surface area contributed by atoms with Crippen LogP contribution < -0.4 is 0 Å². The predicted octanol–water partition coefficient (Wildman–Crippen LogP) is 3.65. The molecule has 2 nitrogen and oxygen atoms in total.